The van der Waals surface area contributed by atoms with Crippen molar-refractivity contribution < 1.29 is 23.9 Å². The van der Waals surface area contributed by atoms with Gasteiger partial charge in [-0.3, -0.25) is 9.59 Å². The number of nitrogens with zero attached hydrogens (tertiary/aromatic N) is 1. The van der Waals surface area contributed by atoms with Crippen molar-refractivity contribution in [2.24, 2.45) is 5.92 Å². The minimum atomic E-state index is -1.35. The average Bonchev–Trinajstić information content (AvgIpc) is 3.52. The highest BCUT2D eigenvalue weighted by molar-refractivity contribution is 7.10. The van der Waals surface area contributed by atoms with Crippen LogP contribution < -0.4 is 0 Å². The highest BCUT2D eigenvalue weighted by atomic mass is 32.1. The van der Waals surface area contributed by atoms with Crippen LogP contribution in [0.1, 0.15) is 48.2 Å². The van der Waals surface area contributed by atoms with Crippen LogP contribution in [0.5, 0.6) is 0 Å². The molecule has 2 heterocycles. The normalized spacial score (nSPS) is 20.6. The molecule has 1 N–H and O–H groups in total. The zero-order valence-electron chi connectivity index (χ0n) is 22.0. The van der Waals surface area contributed by atoms with Crippen molar-refractivity contribution in [3.63, 3.8) is 0 Å². The number of carbonyl (C=O) groups is 3. The average molecular weight is 554 g/mol. The summed E-state index contributed by atoms with van der Waals surface area (Å²) in [5, 5.41) is 12.5. The summed E-state index contributed by atoms with van der Waals surface area (Å²) in [6.45, 7) is 3.72. The molecule has 1 saturated heterocycles. The second-order valence-corrected chi connectivity index (χ2v) is 10.9. The van der Waals surface area contributed by atoms with Gasteiger partial charge in [0.05, 0.1) is 12.0 Å². The number of Topliss-reactive ketones (excluding diaryl/α,β-unsaturated/α-hetero) is 1. The largest absolute Gasteiger partial charge is 0.480 e. The third-order valence-electron chi connectivity index (χ3n) is 7.48. The van der Waals surface area contributed by atoms with Crippen LogP contribution in [0.15, 0.2) is 96.4 Å². The van der Waals surface area contributed by atoms with Crippen LogP contribution in [0.3, 0.4) is 0 Å². The molecule has 1 aliphatic heterocycles. The van der Waals surface area contributed by atoms with Gasteiger partial charge in [0.1, 0.15) is 11.9 Å². The number of hydrogen-bond acceptors (Lipinski definition) is 4. The number of carboxylic acids is 1. The summed E-state index contributed by atoms with van der Waals surface area (Å²) in [6, 6.07) is 21.4. The summed E-state index contributed by atoms with van der Waals surface area (Å²) < 4.78 is 14.2. The SMILES string of the molecule is Cc1ccccc1C(=O)C1C(c2sccc2C)C(C(=O)O)N(C(=O)c2cccc(F)c2)C1C=Cc1ccccc1. The molecule has 202 valence electrons. The fraction of sp³-hybridized carbons (Fsp3) is 0.182. The van der Waals surface area contributed by atoms with Crippen LogP contribution in [-0.4, -0.2) is 39.7 Å². The molecule has 7 heteroatoms. The van der Waals surface area contributed by atoms with Gasteiger partial charge in [0.25, 0.3) is 5.91 Å². The van der Waals surface area contributed by atoms with Crippen LogP contribution in [0.2, 0.25) is 0 Å². The molecule has 1 amide bonds. The number of ketones is 1. The van der Waals surface area contributed by atoms with E-state index < -0.39 is 41.6 Å². The van der Waals surface area contributed by atoms with Gasteiger partial charge in [-0.05, 0) is 60.2 Å². The zero-order chi connectivity index (χ0) is 28.4. The number of aryl methyl sites for hydroxylation is 2. The van der Waals surface area contributed by atoms with Gasteiger partial charge in [-0.15, -0.1) is 11.3 Å². The summed E-state index contributed by atoms with van der Waals surface area (Å²) >= 11 is 1.38. The van der Waals surface area contributed by atoms with Crippen molar-refractivity contribution in [2.45, 2.75) is 31.8 Å². The lowest BCUT2D eigenvalue weighted by atomic mass is 9.79. The second kappa shape index (κ2) is 11.4. The van der Waals surface area contributed by atoms with Crippen LogP contribution >= 0.6 is 11.3 Å². The molecule has 4 aromatic rings. The Morgan fingerprint density at radius 1 is 0.900 bits per heavy atom. The topological polar surface area (TPSA) is 74.7 Å². The number of likely N-dealkylation sites (tertiary alicyclic amines) is 1. The number of hydrogen-bond donors (Lipinski definition) is 1. The van der Waals surface area contributed by atoms with Crippen LogP contribution in [-0.2, 0) is 4.79 Å². The van der Waals surface area contributed by atoms with Gasteiger partial charge in [-0.25, -0.2) is 9.18 Å². The molecule has 40 heavy (non-hydrogen) atoms. The Morgan fingerprint density at radius 2 is 1.62 bits per heavy atom. The first-order valence-corrected chi connectivity index (χ1v) is 13.8. The first-order valence-electron chi connectivity index (χ1n) is 13.0. The second-order valence-electron chi connectivity index (χ2n) is 9.96. The molecular weight excluding hydrogens is 525 g/mol. The van der Waals surface area contributed by atoms with Crippen molar-refractivity contribution in [2.75, 3.05) is 0 Å². The Kier molecular flexibility index (Phi) is 7.76. The van der Waals surface area contributed by atoms with Gasteiger partial charge in [0.15, 0.2) is 5.78 Å². The summed E-state index contributed by atoms with van der Waals surface area (Å²) in [5.74, 6) is -4.41. The number of benzene rings is 3. The predicted molar refractivity (Wildman–Crippen MR) is 154 cm³/mol. The van der Waals surface area contributed by atoms with Crippen molar-refractivity contribution in [1.29, 1.82) is 0 Å². The van der Waals surface area contributed by atoms with E-state index >= 15 is 0 Å². The van der Waals surface area contributed by atoms with E-state index in [0.29, 0.717) is 5.56 Å². The minimum Gasteiger partial charge on any atom is -0.480 e. The van der Waals surface area contributed by atoms with Gasteiger partial charge in [0, 0.05) is 21.9 Å². The summed E-state index contributed by atoms with van der Waals surface area (Å²) in [6.07, 6.45) is 3.55. The molecule has 5 rings (SSSR count). The van der Waals surface area contributed by atoms with E-state index in [0.717, 1.165) is 27.6 Å². The van der Waals surface area contributed by atoms with E-state index in [-0.39, 0.29) is 11.3 Å². The highest BCUT2D eigenvalue weighted by Gasteiger charge is 2.57. The predicted octanol–water partition coefficient (Wildman–Crippen LogP) is 6.78. The Hall–Kier alpha value is -4.36. The lowest BCUT2D eigenvalue weighted by Gasteiger charge is -2.28. The van der Waals surface area contributed by atoms with Crippen molar-refractivity contribution in [3.05, 3.63) is 135 Å². The Labute approximate surface area is 236 Å². The molecule has 0 bridgehead atoms. The number of thiophene rings is 1. The molecular formula is C33H28FNO4S. The third kappa shape index (κ3) is 5.12. The number of rotatable bonds is 7. The van der Waals surface area contributed by atoms with Crippen molar-refractivity contribution in [1.82, 2.24) is 4.90 Å². The fourth-order valence-corrected chi connectivity index (χ4v) is 6.72. The van der Waals surface area contributed by atoms with Gasteiger partial charge in [-0.2, -0.15) is 0 Å². The molecule has 3 aromatic carbocycles. The molecule has 5 nitrogen and oxygen atoms in total. The molecule has 0 aliphatic carbocycles. The lowest BCUT2D eigenvalue weighted by molar-refractivity contribution is -0.142. The highest BCUT2D eigenvalue weighted by Crippen LogP contribution is 2.48. The first kappa shape index (κ1) is 27.2. The van der Waals surface area contributed by atoms with Crippen LogP contribution in [0.25, 0.3) is 6.08 Å². The molecule has 0 spiro atoms. The molecule has 1 aromatic heterocycles. The van der Waals surface area contributed by atoms with E-state index in [1.54, 1.807) is 24.3 Å². The van der Waals surface area contributed by atoms with Gasteiger partial charge < -0.3 is 10.0 Å². The number of amides is 1. The summed E-state index contributed by atoms with van der Waals surface area (Å²) in [5.41, 5.74) is 2.96. The van der Waals surface area contributed by atoms with E-state index in [4.69, 9.17) is 0 Å². The van der Waals surface area contributed by atoms with Gasteiger partial charge in [-0.1, -0.05) is 72.8 Å². The smallest absolute Gasteiger partial charge is 0.327 e. The van der Waals surface area contributed by atoms with Gasteiger partial charge >= 0.3 is 5.97 Å². The molecule has 0 saturated carbocycles. The van der Waals surface area contributed by atoms with E-state index in [9.17, 15) is 23.9 Å². The summed E-state index contributed by atoms with van der Waals surface area (Å²) in [4.78, 5) is 43.5. The fourth-order valence-electron chi connectivity index (χ4n) is 5.61. The molecule has 1 aliphatic rings. The maximum Gasteiger partial charge on any atom is 0.327 e. The van der Waals surface area contributed by atoms with E-state index in [1.807, 2.05) is 67.8 Å². The van der Waals surface area contributed by atoms with E-state index in [2.05, 4.69) is 0 Å². The van der Waals surface area contributed by atoms with Gasteiger partial charge in [0.2, 0.25) is 0 Å². The molecule has 4 atom stereocenters. The maximum absolute atomic E-state index is 14.4. The quantitative estimate of drug-likeness (QED) is 0.256. The Balaban J connectivity index is 1.75. The molecule has 0 radical (unpaired) electrons. The van der Waals surface area contributed by atoms with Crippen molar-refractivity contribution >= 4 is 35.1 Å². The Bertz CT molecular complexity index is 1590. The standard InChI is InChI=1S/C33H28FNO4S/c1-20-9-6-7-14-25(20)30(36)27-26(16-15-22-10-4-3-5-11-22)35(32(37)23-12-8-13-24(34)19-23)29(33(38)39)28(27)31-21(2)17-18-40-31/h3-19,26-29H,1-2H3,(H,38,39). The van der Waals surface area contributed by atoms with Crippen LogP contribution in [0.4, 0.5) is 4.39 Å². The third-order valence-corrected chi connectivity index (χ3v) is 8.60. The number of halogens is 1. The Morgan fingerprint density at radius 3 is 2.27 bits per heavy atom. The van der Waals surface area contributed by atoms with E-state index in [1.165, 1.54) is 34.4 Å². The first-order chi connectivity index (χ1) is 19.3. The van der Waals surface area contributed by atoms with Crippen molar-refractivity contribution in [3.8, 4) is 0 Å². The monoisotopic (exact) mass is 553 g/mol. The lowest BCUT2D eigenvalue weighted by Crippen LogP contribution is -2.46. The zero-order valence-corrected chi connectivity index (χ0v) is 22.8. The van der Waals surface area contributed by atoms with Crippen LogP contribution in [0, 0.1) is 25.6 Å². The number of aliphatic carboxylic acids is 1. The molecule has 4 unspecified atom stereocenters. The number of carbonyl (C=O) groups excluding carboxylic acids is 2. The maximum atomic E-state index is 14.4. The molecule has 1 fully saturated rings. The number of carboxylic acid groups (broad SMARTS) is 1. The minimum absolute atomic E-state index is 0.0232. The summed E-state index contributed by atoms with van der Waals surface area (Å²) in [7, 11) is 0.